The summed E-state index contributed by atoms with van der Waals surface area (Å²) < 4.78 is 4.87. The molecule has 0 unspecified atom stereocenters. The first-order valence-corrected chi connectivity index (χ1v) is 5.34. The van der Waals surface area contributed by atoms with Crippen LogP contribution in [0, 0.1) is 5.92 Å². The average molecular weight is 250 g/mol. The molecule has 5 heteroatoms. The minimum absolute atomic E-state index is 0.0796. The zero-order valence-electron chi connectivity index (χ0n) is 7.31. The van der Waals surface area contributed by atoms with Crippen LogP contribution in [0.4, 0.5) is 4.79 Å². The summed E-state index contributed by atoms with van der Waals surface area (Å²) in [6, 6.07) is -0.0796. The van der Waals surface area contributed by atoms with E-state index < -0.39 is 0 Å². The summed E-state index contributed by atoms with van der Waals surface area (Å²) in [5.74, 6) is 0.189. The molecule has 0 aromatic heterocycles. The molecular formula is C8H12BrNO3. The lowest BCUT2D eigenvalue weighted by Crippen LogP contribution is -2.54. The average Bonchev–Trinajstić information content (AvgIpc) is 2.61. The fraction of sp³-hybridized carbons (Fsp3) is 0.875. The van der Waals surface area contributed by atoms with Crippen molar-refractivity contribution in [1.82, 2.24) is 4.90 Å². The Hall–Kier alpha value is -0.290. The fourth-order valence-electron chi connectivity index (χ4n) is 2.05. The van der Waals surface area contributed by atoms with Crippen molar-refractivity contribution in [3.63, 3.8) is 0 Å². The van der Waals surface area contributed by atoms with Crippen LogP contribution in [0.25, 0.3) is 0 Å². The van der Waals surface area contributed by atoms with Crippen molar-refractivity contribution in [3.05, 3.63) is 0 Å². The topological polar surface area (TPSA) is 49.8 Å². The molecule has 2 saturated heterocycles. The Kier molecular flexibility index (Phi) is 2.23. The second kappa shape index (κ2) is 3.13. The first-order chi connectivity index (χ1) is 6.16. The smallest absolute Gasteiger partial charge is 0.410 e. The number of hydrogen-bond acceptors (Lipinski definition) is 3. The van der Waals surface area contributed by atoms with E-state index in [0.717, 1.165) is 0 Å². The van der Waals surface area contributed by atoms with Crippen molar-refractivity contribution in [1.29, 1.82) is 0 Å². The number of alkyl halides is 1. The van der Waals surface area contributed by atoms with E-state index in [4.69, 9.17) is 4.74 Å². The second-order valence-corrected chi connectivity index (χ2v) is 4.50. The van der Waals surface area contributed by atoms with Crippen molar-refractivity contribution in [2.75, 3.05) is 13.2 Å². The van der Waals surface area contributed by atoms with Gasteiger partial charge in [0.25, 0.3) is 0 Å². The number of halogens is 1. The second-order valence-electron chi connectivity index (χ2n) is 3.44. The van der Waals surface area contributed by atoms with Crippen molar-refractivity contribution >= 4 is 22.0 Å². The molecule has 2 heterocycles. The van der Waals surface area contributed by atoms with Gasteiger partial charge in [0, 0.05) is 17.3 Å². The highest BCUT2D eigenvalue weighted by Gasteiger charge is 2.60. The number of hydrogen-bond donors (Lipinski definition) is 1. The minimum atomic E-state index is -0.367. The lowest BCUT2D eigenvalue weighted by atomic mass is 9.82. The summed E-state index contributed by atoms with van der Waals surface area (Å²) in [5, 5.41) is 9.53. The summed E-state index contributed by atoms with van der Waals surface area (Å²) in [5.41, 5.74) is 0. The number of amides is 1. The van der Waals surface area contributed by atoms with Crippen LogP contribution >= 0.6 is 15.9 Å². The Morgan fingerprint density at radius 3 is 2.85 bits per heavy atom. The summed E-state index contributed by atoms with van der Waals surface area (Å²) in [4.78, 5) is 13.2. The van der Waals surface area contributed by atoms with E-state index in [0.29, 0.717) is 13.2 Å². The first kappa shape index (κ1) is 9.27. The lowest BCUT2D eigenvalue weighted by Gasteiger charge is -2.37. The predicted octanol–water partition coefficient (Wildman–Crippen LogP) is 0.581. The summed E-state index contributed by atoms with van der Waals surface area (Å²) >= 11 is 3.44. The van der Waals surface area contributed by atoms with Gasteiger partial charge in [0.15, 0.2) is 0 Å². The first-order valence-electron chi connectivity index (χ1n) is 4.42. The molecule has 0 radical (unpaired) electrons. The van der Waals surface area contributed by atoms with Crippen LogP contribution in [0.2, 0.25) is 0 Å². The number of rotatable bonds is 1. The Balaban J connectivity index is 2.00. The Morgan fingerprint density at radius 2 is 2.46 bits per heavy atom. The highest BCUT2D eigenvalue weighted by molar-refractivity contribution is 9.09. The molecule has 0 aromatic rings. The molecular weight excluding hydrogens is 238 g/mol. The normalized spacial score (nSPS) is 41.6. The molecule has 4 atom stereocenters. The number of fused-ring (bicyclic) bond motifs is 1. The molecule has 3 aliphatic rings. The van der Waals surface area contributed by atoms with Gasteiger partial charge in [0.1, 0.15) is 0 Å². The van der Waals surface area contributed by atoms with Gasteiger partial charge in [-0.2, -0.15) is 0 Å². The molecule has 2 aliphatic heterocycles. The quantitative estimate of drug-likeness (QED) is 0.692. The van der Waals surface area contributed by atoms with E-state index in [-0.39, 0.29) is 29.0 Å². The van der Waals surface area contributed by atoms with Crippen LogP contribution in [-0.4, -0.2) is 46.2 Å². The van der Waals surface area contributed by atoms with Gasteiger partial charge in [0.2, 0.25) is 0 Å². The van der Waals surface area contributed by atoms with Crippen molar-refractivity contribution in [2.45, 2.75) is 23.9 Å². The van der Waals surface area contributed by atoms with E-state index in [2.05, 4.69) is 15.9 Å². The third-order valence-electron chi connectivity index (χ3n) is 2.79. The number of ether oxygens (including phenoxy) is 1. The third-order valence-corrected chi connectivity index (χ3v) is 4.01. The van der Waals surface area contributed by atoms with Crippen LogP contribution < -0.4 is 0 Å². The van der Waals surface area contributed by atoms with Gasteiger partial charge in [0.05, 0.1) is 18.8 Å². The van der Waals surface area contributed by atoms with Gasteiger partial charge in [-0.1, -0.05) is 15.9 Å². The summed E-state index contributed by atoms with van der Waals surface area (Å²) in [7, 11) is 0. The number of carbonyl (C=O) groups excluding carboxylic acids is 1. The molecule has 1 amide bonds. The Morgan fingerprint density at radius 1 is 1.77 bits per heavy atom. The van der Waals surface area contributed by atoms with Gasteiger partial charge in [-0.15, -0.1) is 0 Å². The van der Waals surface area contributed by atoms with Crippen molar-refractivity contribution < 1.29 is 14.6 Å². The standard InChI is InChI=1S/C8H12BrNO3/c1-2-13-8(12)10-3-4-5(9)6(10)7(4)11/h4-7,11H,2-3H2,1H3/t4-,5-,6+,7+/m1/s1. The maximum atomic E-state index is 11.3. The third kappa shape index (κ3) is 1.17. The van der Waals surface area contributed by atoms with Crippen LogP contribution in [0.3, 0.4) is 0 Å². The van der Waals surface area contributed by atoms with Crippen molar-refractivity contribution in [3.8, 4) is 0 Å². The van der Waals surface area contributed by atoms with Gasteiger partial charge < -0.3 is 14.7 Å². The van der Waals surface area contributed by atoms with Crippen molar-refractivity contribution in [2.24, 2.45) is 5.92 Å². The van der Waals surface area contributed by atoms with E-state index >= 15 is 0 Å². The van der Waals surface area contributed by atoms with Gasteiger partial charge >= 0.3 is 6.09 Å². The van der Waals surface area contributed by atoms with E-state index in [1.54, 1.807) is 11.8 Å². The molecule has 13 heavy (non-hydrogen) atoms. The van der Waals surface area contributed by atoms with E-state index in [1.807, 2.05) is 0 Å². The Labute approximate surface area is 85.0 Å². The molecule has 74 valence electrons. The molecule has 1 aliphatic carbocycles. The predicted molar refractivity (Wildman–Crippen MR) is 49.7 cm³/mol. The highest BCUT2D eigenvalue weighted by Crippen LogP contribution is 2.45. The van der Waals surface area contributed by atoms with Crippen LogP contribution in [-0.2, 0) is 4.74 Å². The van der Waals surface area contributed by atoms with Gasteiger partial charge in [-0.25, -0.2) is 4.79 Å². The molecule has 0 spiro atoms. The molecule has 4 nitrogen and oxygen atoms in total. The zero-order valence-corrected chi connectivity index (χ0v) is 8.90. The number of carbonyl (C=O) groups is 1. The largest absolute Gasteiger partial charge is 0.450 e. The molecule has 3 fully saturated rings. The molecule has 1 N–H and O–H groups in total. The maximum absolute atomic E-state index is 11.3. The summed E-state index contributed by atoms with van der Waals surface area (Å²) in [6.45, 7) is 2.77. The molecule has 1 saturated carbocycles. The highest BCUT2D eigenvalue weighted by atomic mass is 79.9. The minimum Gasteiger partial charge on any atom is -0.450 e. The number of aliphatic hydroxyl groups is 1. The summed E-state index contributed by atoms with van der Waals surface area (Å²) in [6.07, 6.45) is -0.676. The number of nitrogens with zero attached hydrogens (tertiary/aromatic N) is 1. The lowest BCUT2D eigenvalue weighted by molar-refractivity contribution is 0.0271. The molecule has 0 aromatic carbocycles. The molecule has 2 bridgehead atoms. The SMILES string of the molecule is CCOC(=O)N1C[C@H]2[C@H](O)[C@@H]1[C@@H]2Br. The van der Waals surface area contributed by atoms with Crippen LogP contribution in [0.15, 0.2) is 0 Å². The Bertz CT molecular complexity index is 225. The zero-order chi connectivity index (χ0) is 9.59. The molecule has 3 rings (SSSR count). The maximum Gasteiger partial charge on any atom is 0.410 e. The van der Waals surface area contributed by atoms with Crippen LogP contribution in [0.1, 0.15) is 6.92 Å². The van der Waals surface area contributed by atoms with E-state index in [9.17, 15) is 9.90 Å². The van der Waals surface area contributed by atoms with Gasteiger partial charge in [-0.3, -0.25) is 0 Å². The van der Waals surface area contributed by atoms with Gasteiger partial charge in [-0.05, 0) is 6.92 Å². The van der Waals surface area contributed by atoms with E-state index in [1.165, 1.54) is 0 Å². The fourth-order valence-corrected chi connectivity index (χ4v) is 3.13. The monoisotopic (exact) mass is 249 g/mol. The van der Waals surface area contributed by atoms with Crippen LogP contribution in [0.5, 0.6) is 0 Å². The number of aliphatic hydroxyl groups excluding tert-OH is 1.